The smallest absolute Gasteiger partial charge is 0.247 e. The maximum Gasteiger partial charge on any atom is 0.247 e. The lowest BCUT2D eigenvalue weighted by Gasteiger charge is -2.37. The summed E-state index contributed by atoms with van der Waals surface area (Å²) in [6, 6.07) is 4.14. The minimum absolute atomic E-state index is 0.0612. The van der Waals surface area contributed by atoms with Crippen LogP contribution in [0.3, 0.4) is 0 Å². The largest absolute Gasteiger partial charge is 0.487 e. The second kappa shape index (κ2) is 9.25. The van der Waals surface area contributed by atoms with E-state index in [0.717, 1.165) is 0 Å². The standard InChI is InChI=1S/C20H30N2O5S/c1-14-11-22(15(2)13-23)28(25,26)20-9-8-17(7-6-16(3)24)10-18(20)27-19(14)12-21(4)5/h8-10,14-16,19,23-24H,11-13H2,1-5H3/t14-,15+,16+,19-/m1/s1. The molecule has 4 atom stereocenters. The molecule has 2 rings (SSSR count). The van der Waals surface area contributed by atoms with Crippen molar-refractivity contribution in [3.8, 4) is 17.6 Å². The molecule has 0 amide bonds. The Hall–Kier alpha value is -1.63. The maximum atomic E-state index is 13.3. The van der Waals surface area contributed by atoms with Gasteiger partial charge in [0.25, 0.3) is 0 Å². The fourth-order valence-corrected chi connectivity index (χ4v) is 4.89. The minimum Gasteiger partial charge on any atom is -0.487 e. The lowest BCUT2D eigenvalue weighted by molar-refractivity contribution is 0.0812. The molecule has 0 saturated heterocycles. The molecule has 2 N–H and O–H groups in total. The zero-order chi connectivity index (χ0) is 21.1. The molecule has 0 bridgehead atoms. The van der Waals surface area contributed by atoms with Crippen LogP contribution in [0, 0.1) is 17.8 Å². The first-order valence-corrected chi connectivity index (χ1v) is 10.8. The fraction of sp³-hybridized carbons (Fsp3) is 0.600. The highest BCUT2D eigenvalue weighted by Gasteiger charge is 2.37. The van der Waals surface area contributed by atoms with Gasteiger partial charge in [0.1, 0.15) is 22.9 Å². The number of nitrogens with zero attached hydrogens (tertiary/aromatic N) is 2. The Morgan fingerprint density at radius 3 is 2.61 bits per heavy atom. The first kappa shape index (κ1) is 22.7. The van der Waals surface area contributed by atoms with Crippen LogP contribution in [0.4, 0.5) is 0 Å². The topological polar surface area (TPSA) is 90.3 Å². The van der Waals surface area contributed by atoms with Crippen molar-refractivity contribution in [1.29, 1.82) is 0 Å². The van der Waals surface area contributed by atoms with Gasteiger partial charge in [-0.3, -0.25) is 0 Å². The van der Waals surface area contributed by atoms with Gasteiger partial charge in [0, 0.05) is 30.6 Å². The summed E-state index contributed by atoms with van der Waals surface area (Å²) in [6.45, 7) is 5.80. The van der Waals surface area contributed by atoms with Gasteiger partial charge >= 0.3 is 0 Å². The molecule has 28 heavy (non-hydrogen) atoms. The number of likely N-dealkylation sites (N-methyl/N-ethyl adjacent to an activating group) is 1. The average Bonchev–Trinajstić information content (AvgIpc) is 2.61. The quantitative estimate of drug-likeness (QED) is 0.712. The zero-order valence-corrected chi connectivity index (χ0v) is 17.9. The molecule has 0 spiro atoms. The summed E-state index contributed by atoms with van der Waals surface area (Å²) in [5, 5.41) is 19.0. The van der Waals surface area contributed by atoms with Gasteiger partial charge in [-0.15, -0.1) is 0 Å². The van der Waals surface area contributed by atoms with E-state index in [-0.39, 0.29) is 35.8 Å². The molecule has 0 saturated carbocycles. The van der Waals surface area contributed by atoms with Crippen LogP contribution in [0.1, 0.15) is 26.3 Å². The highest BCUT2D eigenvalue weighted by Crippen LogP contribution is 2.34. The third-order valence-corrected chi connectivity index (χ3v) is 6.66. The number of benzene rings is 1. The van der Waals surface area contributed by atoms with Crippen molar-refractivity contribution in [2.45, 2.75) is 43.9 Å². The summed E-state index contributed by atoms with van der Waals surface area (Å²) in [5.41, 5.74) is 0.563. The van der Waals surface area contributed by atoms with E-state index in [4.69, 9.17) is 4.74 Å². The first-order chi connectivity index (χ1) is 13.1. The monoisotopic (exact) mass is 410 g/mol. The predicted molar refractivity (Wildman–Crippen MR) is 108 cm³/mol. The zero-order valence-electron chi connectivity index (χ0n) is 17.1. The number of rotatable bonds is 4. The number of sulfonamides is 1. The van der Waals surface area contributed by atoms with Gasteiger partial charge in [-0.2, -0.15) is 4.31 Å². The van der Waals surface area contributed by atoms with Gasteiger partial charge in [0.05, 0.1) is 6.61 Å². The first-order valence-electron chi connectivity index (χ1n) is 9.34. The molecule has 1 heterocycles. The Bertz CT molecular complexity index is 842. The number of aliphatic hydroxyl groups excluding tert-OH is 2. The molecular weight excluding hydrogens is 380 g/mol. The number of hydrogen-bond acceptors (Lipinski definition) is 6. The van der Waals surface area contributed by atoms with Crippen LogP contribution in [0.5, 0.6) is 5.75 Å². The SMILES string of the molecule is C[C@H](O)C#Cc1ccc2c(c1)O[C@H](CN(C)C)[C@H](C)CN([C@@H](C)CO)S2(=O)=O. The Kier molecular flexibility index (Phi) is 7.48. The third kappa shape index (κ3) is 5.25. The van der Waals surface area contributed by atoms with E-state index < -0.39 is 22.2 Å². The molecule has 156 valence electrons. The lowest BCUT2D eigenvalue weighted by Crippen LogP contribution is -2.49. The maximum absolute atomic E-state index is 13.3. The van der Waals surface area contributed by atoms with Crippen LogP contribution in [-0.2, 0) is 10.0 Å². The molecule has 0 unspecified atom stereocenters. The summed E-state index contributed by atoms with van der Waals surface area (Å²) >= 11 is 0. The van der Waals surface area contributed by atoms with Crippen molar-refractivity contribution in [3.05, 3.63) is 23.8 Å². The molecule has 1 aliphatic rings. The van der Waals surface area contributed by atoms with E-state index in [1.807, 2.05) is 25.9 Å². The van der Waals surface area contributed by atoms with Crippen molar-refractivity contribution < 1.29 is 23.4 Å². The van der Waals surface area contributed by atoms with Crippen molar-refractivity contribution in [3.63, 3.8) is 0 Å². The van der Waals surface area contributed by atoms with Gasteiger partial charge in [-0.05, 0) is 46.1 Å². The molecule has 0 radical (unpaired) electrons. The Balaban J connectivity index is 2.61. The highest BCUT2D eigenvalue weighted by atomic mass is 32.2. The summed E-state index contributed by atoms with van der Waals surface area (Å²) in [5.74, 6) is 5.64. The van der Waals surface area contributed by atoms with Crippen molar-refractivity contribution >= 4 is 10.0 Å². The van der Waals surface area contributed by atoms with Crippen LogP contribution >= 0.6 is 0 Å². The van der Waals surface area contributed by atoms with Crippen molar-refractivity contribution in [1.82, 2.24) is 9.21 Å². The highest BCUT2D eigenvalue weighted by molar-refractivity contribution is 7.89. The molecule has 0 aliphatic carbocycles. The number of aliphatic hydroxyl groups is 2. The molecule has 1 aliphatic heterocycles. The van der Waals surface area contributed by atoms with Crippen LogP contribution in [0.2, 0.25) is 0 Å². The molecule has 0 fully saturated rings. The lowest BCUT2D eigenvalue weighted by atomic mass is 10.0. The van der Waals surface area contributed by atoms with Crippen LogP contribution < -0.4 is 4.74 Å². The van der Waals surface area contributed by atoms with E-state index >= 15 is 0 Å². The predicted octanol–water partition coefficient (Wildman–Crippen LogP) is 0.749. The van der Waals surface area contributed by atoms with E-state index in [2.05, 4.69) is 11.8 Å². The van der Waals surface area contributed by atoms with Crippen molar-refractivity contribution in [2.75, 3.05) is 33.8 Å². The summed E-state index contributed by atoms with van der Waals surface area (Å²) < 4.78 is 34.1. The van der Waals surface area contributed by atoms with Crippen molar-refractivity contribution in [2.24, 2.45) is 5.92 Å². The normalized spacial score (nSPS) is 24.1. The van der Waals surface area contributed by atoms with E-state index in [1.54, 1.807) is 26.0 Å². The molecule has 0 aromatic heterocycles. The minimum atomic E-state index is -3.85. The fourth-order valence-electron chi connectivity index (χ4n) is 3.07. The Labute approximate surface area is 168 Å². The third-order valence-electron chi connectivity index (χ3n) is 4.64. The van der Waals surface area contributed by atoms with Gasteiger partial charge in [-0.25, -0.2) is 8.42 Å². The molecular formula is C20H30N2O5S. The van der Waals surface area contributed by atoms with E-state index in [0.29, 0.717) is 12.1 Å². The van der Waals surface area contributed by atoms with E-state index in [9.17, 15) is 18.6 Å². The molecule has 1 aromatic carbocycles. The number of hydrogen-bond donors (Lipinski definition) is 2. The Morgan fingerprint density at radius 1 is 1.36 bits per heavy atom. The van der Waals surface area contributed by atoms with Crippen LogP contribution in [0.25, 0.3) is 0 Å². The van der Waals surface area contributed by atoms with Gasteiger partial charge in [0.2, 0.25) is 10.0 Å². The summed E-state index contributed by atoms with van der Waals surface area (Å²) in [6.07, 6.45) is -1.02. The van der Waals surface area contributed by atoms with Gasteiger partial charge < -0.3 is 19.8 Å². The second-order valence-corrected chi connectivity index (χ2v) is 9.47. The summed E-state index contributed by atoms with van der Waals surface area (Å²) in [4.78, 5) is 2.06. The van der Waals surface area contributed by atoms with E-state index in [1.165, 1.54) is 10.4 Å². The summed E-state index contributed by atoms with van der Waals surface area (Å²) in [7, 11) is 0.0217. The Morgan fingerprint density at radius 2 is 2.04 bits per heavy atom. The molecule has 1 aromatic rings. The molecule has 8 heteroatoms. The average molecular weight is 411 g/mol. The van der Waals surface area contributed by atoms with Crippen LogP contribution in [-0.4, -0.2) is 79.9 Å². The second-order valence-electron chi connectivity index (χ2n) is 7.61. The number of ether oxygens (including phenoxy) is 1. The number of fused-ring (bicyclic) bond motifs is 1. The van der Waals surface area contributed by atoms with Crippen LogP contribution in [0.15, 0.2) is 23.1 Å². The molecule has 7 nitrogen and oxygen atoms in total. The van der Waals surface area contributed by atoms with Gasteiger partial charge in [0.15, 0.2) is 0 Å². The van der Waals surface area contributed by atoms with Gasteiger partial charge in [-0.1, -0.05) is 18.8 Å².